The maximum Gasteiger partial charge on any atom is 0.272 e. The van der Waals surface area contributed by atoms with Gasteiger partial charge in [-0.15, -0.1) is 0 Å². The lowest BCUT2D eigenvalue weighted by Gasteiger charge is -2.06. The predicted octanol–water partition coefficient (Wildman–Crippen LogP) is 4.22. The molecule has 0 aliphatic heterocycles. The van der Waals surface area contributed by atoms with E-state index in [0.29, 0.717) is 12.2 Å². The Hall–Kier alpha value is -1.41. The van der Waals surface area contributed by atoms with E-state index in [4.69, 9.17) is 4.74 Å². The molecule has 2 aromatic carbocycles. The molecule has 0 saturated heterocycles. The van der Waals surface area contributed by atoms with E-state index >= 15 is 0 Å². The van der Waals surface area contributed by atoms with Gasteiger partial charge in [-0.2, -0.15) is 5.10 Å². The zero-order valence-electron chi connectivity index (χ0n) is 11.8. The normalized spacial score (nSPS) is 10.7. The maximum atomic E-state index is 12.0. The van der Waals surface area contributed by atoms with E-state index in [1.807, 2.05) is 37.3 Å². The second-order valence-corrected chi connectivity index (χ2v) is 6.32. The Morgan fingerprint density at radius 2 is 2.14 bits per heavy atom. The van der Waals surface area contributed by atoms with Crippen molar-refractivity contribution in [1.82, 2.24) is 5.43 Å². The first-order valence-corrected chi connectivity index (χ1v) is 8.49. The molecule has 0 fully saturated rings. The highest BCUT2D eigenvalue weighted by molar-refractivity contribution is 14.1. The third-order valence-electron chi connectivity index (χ3n) is 2.75. The number of carbonyl (C=O) groups excluding carboxylic acids is 1. The van der Waals surface area contributed by atoms with Gasteiger partial charge in [0.1, 0.15) is 5.75 Å². The lowest BCUT2D eigenvalue weighted by molar-refractivity contribution is 0.0954. The van der Waals surface area contributed by atoms with Crippen LogP contribution >= 0.6 is 38.5 Å². The van der Waals surface area contributed by atoms with Gasteiger partial charge in [0.05, 0.1) is 22.0 Å². The monoisotopic (exact) mass is 472 g/mol. The highest BCUT2D eigenvalue weighted by Crippen LogP contribution is 2.21. The Morgan fingerprint density at radius 3 is 2.82 bits per heavy atom. The Kier molecular flexibility index (Phi) is 6.38. The summed E-state index contributed by atoms with van der Waals surface area (Å²) in [6.45, 7) is 2.58. The van der Waals surface area contributed by atoms with Gasteiger partial charge in [0, 0.05) is 4.47 Å². The average Bonchev–Trinajstić information content (AvgIpc) is 2.50. The average molecular weight is 473 g/mol. The number of nitrogens with one attached hydrogen (secondary N) is 1. The van der Waals surface area contributed by atoms with Crippen molar-refractivity contribution in [3.8, 4) is 5.75 Å². The van der Waals surface area contributed by atoms with Crippen LogP contribution in [0.4, 0.5) is 0 Å². The number of carbonyl (C=O) groups is 1. The van der Waals surface area contributed by atoms with Gasteiger partial charge in [-0.25, -0.2) is 5.43 Å². The van der Waals surface area contributed by atoms with Crippen LogP contribution in [0.15, 0.2) is 52.0 Å². The van der Waals surface area contributed by atoms with Gasteiger partial charge in [-0.05, 0) is 81.3 Å². The number of ether oxygens (including phenoxy) is 1. The second kappa shape index (κ2) is 8.28. The van der Waals surface area contributed by atoms with E-state index in [1.54, 1.807) is 18.3 Å². The molecule has 0 saturated carbocycles. The van der Waals surface area contributed by atoms with Crippen LogP contribution in [0.5, 0.6) is 5.75 Å². The van der Waals surface area contributed by atoms with Gasteiger partial charge in [-0.3, -0.25) is 4.79 Å². The number of hydrogen-bond donors (Lipinski definition) is 1. The zero-order chi connectivity index (χ0) is 15.9. The fourth-order valence-corrected chi connectivity index (χ4v) is 2.90. The van der Waals surface area contributed by atoms with Crippen molar-refractivity contribution in [2.75, 3.05) is 6.61 Å². The lowest BCUT2D eigenvalue weighted by atomic mass is 10.2. The summed E-state index contributed by atoms with van der Waals surface area (Å²) in [6, 6.07) is 12.9. The SMILES string of the molecule is CCOc1ccc(/C=N\NC(=O)c2ccccc2Br)cc1I. The molecule has 0 atom stereocenters. The zero-order valence-corrected chi connectivity index (χ0v) is 15.6. The van der Waals surface area contributed by atoms with Crippen molar-refractivity contribution < 1.29 is 9.53 Å². The summed E-state index contributed by atoms with van der Waals surface area (Å²) in [4.78, 5) is 12.0. The molecular weight excluding hydrogens is 459 g/mol. The van der Waals surface area contributed by atoms with Crippen LogP contribution in [-0.2, 0) is 0 Å². The van der Waals surface area contributed by atoms with Crippen LogP contribution in [0.3, 0.4) is 0 Å². The van der Waals surface area contributed by atoms with Gasteiger partial charge in [-0.1, -0.05) is 12.1 Å². The Labute approximate surface area is 151 Å². The van der Waals surface area contributed by atoms with Crippen molar-refractivity contribution in [1.29, 1.82) is 0 Å². The summed E-state index contributed by atoms with van der Waals surface area (Å²) in [6.07, 6.45) is 1.60. The number of rotatable bonds is 5. The van der Waals surface area contributed by atoms with E-state index in [2.05, 4.69) is 49.0 Å². The molecule has 0 radical (unpaired) electrons. The molecule has 22 heavy (non-hydrogen) atoms. The summed E-state index contributed by atoms with van der Waals surface area (Å²) < 4.78 is 7.21. The van der Waals surface area contributed by atoms with Crippen LogP contribution < -0.4 is 10.2 Å². The number of nitrogens with zero attached hydrogens (tertiary/aromatic N) is 1. The number of benzene rings is 2. The first kappa shape index (κ1) is 17.0. The first-order chi connectivity index (χ1) is 10.6. The molecule has 0 bridgehead atoms. The van der Waals surface area contributed by atoms with E-state index in [9.17, 15) is 4.79 Å². The molecule has 2 aromatic rings. The molecule has 0 aromatic heterocycles. The molecule has 0 heterocycles. The van der Waals surface area contributed by atoms with Crippen molar-refractivity contribution in [3.63, 3.8) is 0 Å². The minimum absolute atomic E-state index is 0.260. The van der Waals surface area contributed by atoms with Gasteiger partial charge in [0.2, 0.25) is 0 Å². The largest absolute Gasteiger partial charge is 0.493 e. The molecule has 0 aliphatic rings. The lowest BCUT2D eigenvalue weighted by Crippen LogP contribution is -2.18. The smallest absolute Gasteiger partial charge is 0.272 e. The van der Waals surface area contributed by atoms with E-state index in [1.165, 1.54) is 0 Å². The van der Waals surface area contributed by atoms with Gasteiger partial charge in [0.25, 0.3) is 5.91 Å². The minimum Gasteiger partial charge on any atom is -0.493 e. The summed E-state index contributed by atoms with van der Waals surface area (Å²) in [7, 11) is 0. The first-order valence-electron chi connectivity index (χ1n) is 6.62. The molecular formula is C16H14BrIN2O2. The van der Waals surface area contributed by atoms with Crippen molar-refractivity contribution in [3.05, 3.63) is 61.6 Å². The third kappa shape index (κ3) is 4.54. The molecule has 114 valence electrons. The molecule has 0 spiro atoms. The summed E-state index contributed by atoms with van der Waals surface area (Å²) in [5.41, 5.74) is 3.95. The number of hydrogen-bond acceptors (Lipinski definition) is 3. The molecule has 1 amide bonds. The Morgan fingerprint density at radius 1 is 1.36 bits per heavy atom. The molecule has 0 aliphatic carbocycles. The van der Waals surface area contributed by atoms with Crippen molar-refractivity contribution in [2.45, 2.75) is 6.92 Å². The highest BCUT2D eigenvalue weighted by Gasteiger charge is 2.07. The third-order valence-corrected chi connectivity index (χ3v) is 4.29. The van der Waals surface area contributed by atoms with Crippen LogP contribution in [-0.4, -0.2) is 18.7 Å². The highest BCUT2D eigenvalue weighted by atomic mass is 127. The van der Waals surface area contributed by atoms with Crippen LogP contribution in [0.2, 0.25) is 0 Å². The Balaban J connectivity index is 2.02. The van der Waals surface area contributed by atoms with Crippen molar-refractivity contribution >= 4 is 50.6 Å². The molecule has 2 rings (SSSR count). The minimum atomic E-state index is -0.260. The predicted molar refractivity (Wildman–Crippen MR) is 99.5 cm³/mol. The standard InChI is InChI=1S/C16H14BrIN2O2/c1-2-22-15-8-7-11(9-14(15)18)10-19-20-16(21)12-5-3-4-6-13(12)17/h3-10H,2H2,1H3,(H,20,21)/b19-10-. The van der Waals surface area contributed by atoms with Gasteiger partial charge >= 0.3 is 0 Å². The number of hydrazone groups is 1. The van der Waals surface area contributed by atoms with Crippen molar-refractivity contribution in [2.24, 2.45) is 5.10 Å². The molecule has 0 unspecified atom stereocenters. The van der Waals surface area contributed by atoms with Gasteiger partial charge in [0.15, 0.2) is 0 Å². The topological polar surface area (TPSA) is 50.7 Å². The molecule has 6 heteroatoms. The summed E-state index contributed by atoms with van der Waals surface area (Å²) in [5, 5.41) is 3.99. The maximum absolute atomic E-state index is 12.0. The number of halogens is 2. The van der Waals surface area contributed by atoms with E-state index in [0.717, 1.165) is 19.4 Å². The quantitative estimate of drug-likeness (QED) is 0.402. The molecule has 1 N–H and O–H groups in total. The van der Waals surface area contributed by atoms with Crippen LogP contribution in [0.1, 0.15) is 22.8 Å². The Bertz CT molecular complexity index is 704. The van der Waals surface area contributed by atoms with E-state index < -0.39 is 0 Å². The molecule has 4 nitrogen and oxygen atoms in total. The second-order valence-electron chi connectivity index (χ2n) is 4.30. The summed E-state index contributed by atoms with van der Waals surface area (Å²) in [5.74, 6) is 0.585. The fraction of sp³-hybridized carbons (Fsp3) is 0.125. The van der Waals surface area contributed by atoms with Gasteiger partial charge < -0.3 is 4.74 Å². The van der Waals surface area contributed by atoms with Crippen LogP contribution in [0.25, 0.3) is 0 Å². The van der Waals surface area contributed by atoms with E-state index in [-0.39, 0.29) is 5.91 Å². The fourth-order valence-electron chi connectivity index (χ4n) is 1.74. The van der Waals surface area contributed by atoms with Crippen LogP contribution in [0, 0.1) is 3.57 Å². The number of amides is 1. The summed E-state index contributed by atoms with van der Waals surface area (Å²) >= 11 is 5.55.